The molecule has 2 heterocycles. The summed E-state index contributed by atoms with van der Waals surface area (Å²) in [6.07, 6.45) is 1.50. The number of ether oxygens (including phenoxy) is 2. The standard InChI is InChI=1S/C17H16N4O3S2/c1-3-24-15(22)11-4-9-14(18-10-11)25-17-21-20-16(26-17)19-12-5-7-13(23-2)8-6-12/h4-10H,3H2,1-2H3,(H,19,20). The maximum absolute atomic E-state index is 11.6. The van der Waals surface area contributed by atoms with Crippen molar-refractivity contribution in [2.24, 2.45) is 0 Å². The summed E-state index contributed by atoms with van der Waals surface area (Å²) in [5.74, 6) is 0.417. The van der Waals surface area contributed by atoms with Gasteiger partial charge in [0.05, 0.1) is 19.3 Å². The first kappa shape index (κ1) is 18.2. The fourth-order valence-electron chi connectivity index (χ4n) is 1.96. The minimum Gasteiger partial charge on any atom is -0.497 e. The molecule has 26 heavy (non-hydrogen) atoms. The van der Waals surface area contributed by atoms with Crippen LogP contribution in [0.25, 0.3) is 0 Å². The zero-order valence-electron chi connectivity index (χ0n) is 14.1. The molecular weight excluding hydrogens is 372 g/mol. The van der Waals surface area contributed by atoms with Crippen molar-refractivity contribution in [3.05, 3.63) is 48.2 Å². The maximum atomic E-state index is 11.6. The van der Waals surface area contributed by atoms with E-state index >= 15 is 0 Å². The van der Waals surface area contributed by atoms with E-state index in [9.17, 15) is 4.79 Å². The summed E-state index contributed by atoms with van der Waals surface area (Å²) < 4.78 is 10.8. The Bertz CT molecular complexity index is 866. The Hall–Kier alpha value is -2.65. The quantitative estimate of drug-likeness (QED) is 0.608. The molecule has 0 amide bonds. The molecule has 0 saturated carbocycles. The number of nitrogens with one attached hydrogen (secondary N) is 1. The van der Waals surface area contributed by atoms with E-state index in [0.717, 1.165) is 20.8 Å². The molecule has 3 aromatic rings. The summed E-state index contributed by atoms with van der Waals surface area (Å²) in [7, 11) is 1.63. The minimum atomic E-state index is -0.376. The molecule has 9 heteroatoms. The monoisotopic (exact) mass is 388 g/mol. The third-order valence-corrected chi connectivity index (χ3v) is 5.03. The van der Waals surface area contributed by atoms with Crippen LogP contribution in [0.1, 0.15) is 17.3 Å². The molecule has 0 saturated heterocycles. The van der Waals surface area contributed by atoms with Gasteiger partial charge in [-0.3, -0.25) is 0 Å². The highest BCUT2D eigenvalue weighted by molar-refractivity contribution is 8.01. The van der Waals surface area contributed by atoms with E-state index in [1.165, 1.54) is 29.3 Å². The number of carbonyl (C=O) groups excluding carboxylic acids is 1. The first-order chi connectivity index (χ1) is 12.7. The van der Waals surface area contributed by atoms with Crippen LogP contribution >= 0.6 is 23.1 Å². The Morgan fingerprint density at radius 3 is 2.65 bits per heavy atom. The Morgan fingerprint density at radius 2 is 2.00 bits per heavy atom. The first-order valence-electron chi connectivity index (χ1n) is 7.73. The van der Waals surface area contributed by atoms with Crippen LogP contribution in [0.3, 0.4) is 0 Å². The molecule has 1 N–H and O–H groups in total. The van der Waals surface area contributed by atoms with E-state index in [-0.39, 0.29) is 5.97 Å². The number of esters is 1. The van der Waals surface area contributed by atoms with Gasteiger partial charge in [0.2, 0.25) is 5.13 Å². The van der Waals surface area contributed by atoms with Gasteiger partial charge in [0.15, 0.2) is 4.34 Å². The van der Waals surface area contributed by atoms with Crippen molar-refractivity contribution in [3.63, 3.8) is 0 Å². The van der Waals surface area contributed by atoms with Gasteiger partial charge in [-0.25, -0.2) is 9.78 Å². The van der Waals surface area contributed by atoms with Crippen molar-refractivity contribution < 1.29 is 14.3 Å². The summed E-state index contributed by atoms with van der Waals surface area (Å²) in [6.45, 7) is 2.10. The highest BCUT2D eigenvalue weighted by Crippen LogP contribution is 2.32. The summed E-state index contributed by atoms with van der Waals surface area (Å²) in [6, 6.07) is 11.0. The van der Waals surface area contributed by atoms with Gasteiger partial charge in [0.25, 0.3) is 0 Å². The number of pyridine rings is 1. The third kappa shape index (κ3) is 4.70. The molecule has 0 aliphatic rings. The van der Waals surface area contributed by atoms with Crippen LogP contribution in [0.15, 0.2) is 52.0 Å². The van der Waals surface area contributed by atoms with Crippen molar-refractivity contribution in [1.29, 1.82) is 0 Å². The number of methoxy groups -OCH3 is 1. The number of hydrogen-bond acceptors (Lipinski definition) is 9. The number of aromatic nitrogens is 3. The Labute approximate surface area is 158 Å². The third-order valence-electron chi connectivity index (χ3n) is 3.19. The van der Waals surface area contributed by atoms with Gasteiger partial charge in [-0.15, -0.1) is 10.2 Å². The van der Waals surface area contributed by atoms with Crippen molar-refractivity contribution >= 4 is 39.9 Å². The zero-order chi connectivity index (χ0) is 18.4. The molecule has 0 unspecified atom stereocenters. The Balaban J connectivity index is 1.61. The van der Waals surface area contributed by atoms with Crippen LogP contribution in [-0.4, -0.2) is 34.9 Å². The lowest BCUT2D eigenvalue weighted by Gasteiger charge is -2.03. The lowest BCUT2D eigenvalue weighted by molar-refractivity contribution is 0.0525. The fourth-order valence-corrected chi connectivity index (χ4v) is 3.62. The number of anilines is 2. The van der Waals surface area contributed by atoms with Crippen LogP contribution in [0, 0.1) is 0 Å². The predicted octanol–water partition coefficient (Wildman–Crippen LogP) is 4.01. The first-order valence-corrected chi connectivity index (χ1v) is 9.37. The number of benzene rings is 1. The topological polar surface area (TPSA) is 86.2 Å². The lowest BCUT2D eigenvalue weighted by atomic mass is 10.3. The summed E-state index contributed by atoms with van der Waals surface area (Å²) in [4.78, 5) is 15.9. The van der Waals surface area contributed by atoms with E-state index in [1.807, 2.05) is 24.3 Å². The normalized spacial score (nSPS) is 10.4. The second-order valence-corrected chi connectivity index (χ2v) is 7.18. The highest BCUT2D eigenvalue weighted by Gasteiger charge is 2.10. The molecule has 3 rings (SSSR count). The SMILES string of the molecule is CCOC(=O)c1ccc(Sc2nnc(Nc3ccc(OC)cc3)s2)nc1. The van der Waals surface area contributed by atoms with E-state index in [4.69, 9.17) is 9.47 Å². The minimum absolute atomic E-state index is 0.337. The number of carbonyl (C=O) groups is 1. The molecule has 0 spiro atoms. The van der Waals surface area contributed by atoms with Crippen LogP contribution in [-0.2, 0) is 4.74 Å². The van der Waals surface area contributed by atoms with Gasteiger partial charge < -0.3 is 14.8 Å². The molecule has 7 nitrogen and oxygen atoms in total. The molecular formula is C17H16N4O3S2. The second-order valence-electron chi connectivity index (χ2n) is 4.93. The lowest BCUT2D eigenvalue weighted by Crippen LogP contribution is -2.04. The predicted molar refractivity (Wildman–Crippen MR) is 101 cm³/mol. The average molecular weight is 388 g/mol. The van der Waals surface area contributed by atoms with Crippen molar-refractivity contribution in [2.75, 3.05) is 19.0 Å². The molecule has 0 atom stereocenters. The van der Waals surface area contributed by atoms with E-state index < -0.39 is 0 Å². The second kappa shape index (κ2) is 8.63. The van der Waals surface area contributed by atoms with Gasteiger partial charge in [0, 0.05) is 11.9 Å². The summed E-state index contributed by atoms with van der Waals surface area (Å²) >= 11 is 2.80. The number of rotatable bonds is 7. The molecule has 0 fully saturated rings. The zero-order valence-corrected chi connectivity index (χ0v) is 15.8. The van der Waals surface area contributed by atoms with Crippen LogP contribution in [0.5, 0.6) is 5.75 Å². The molecule has 0 aliphatic heterocycles. The van der Waals surface area contributed by atoms with Crippen molar-refractivity contribution in [3.8, 4) is 5.75 Å². The van der Waals surface area contributed by atoms with Crippen molar-refractivity contribution in [1.82, 2.24) is 15.2 Å². The summed E-state index contributed by atoms with van der Waals surface area (Å²) in [5, 5.41) is 12.9. The summed E-state index contributed by atoms with van der Waals surface area (Å²) in [5.41, 5.74) is 1.32. The van der Waals surface area contributed by atoms with Crippen molar-refractivity contribution in [2.45, 2.75) is 16.3 Å². The molecule has 0 aliphatic carbocycles. The fraction of sp³-hybridized carbons (Fsp3) is 0.176. The van der Waals surface area contributed by atoms with Gasteiger partial charge in [-0.1, -0.05) is 11.3 Å². The largest absolute Gasteiger partial charge is 0.497 e. The average Bonchev–Trinajstić information content (AvgIpc) is 3.10. The molecule has 2 aromatic heterocycles. The number of nitrogens with zero attached hydrogens (tertiary/aromatic N) is 3. The molecule has 0 bridgehead atoms. The van der Waals surface area contributed by atoms with Gasteiger partial charge >= 0.3 is 5.97 Å². The molecule has 1 aromatic carbocycles. The Kier molecular flexibility index (Phi) is 6.03. The highest BCUT2D eigenvalue weighted by atomic mass is 32.2. The van der Waals surface area contributed by atoms with E-state index in [2.05, 4.69) is 20.5 Å². The van der Waals surface area contributed by atoms with E-state index in [1.54, 1.807) is 26.2 Å². The Morgan fingerprint density at radius 1 is 1.19 bits per heavy atom. The van der Waals surface area contributed by atoms with Gasteiger partial charge in [-0.05, 0) is 55.1 Å². The molecule has 0 radical (unpaired) electrons. The van der Waals surface area contributed by atoms with Crippen LogP contribution < -0.4 is 10.1 Å². The van der Waals surface area contributed by atoms with Crippen LogP contribution in [0.4, 0.5) is 10.8 Å². The number of hydrogen-bond donors (Lipinski definition) is 1. The van der Waals surface area contributed by atoms with Gasteiger partial charge in [-0.2, -0.15) is 0 Å². The smallest absolute Gasteiger partial charge is 0.339 e. The molecule has 134 valence electrons. The van der Waals surface area contributed by atoms with Gasteiger partial charge in [0.1, 0.15) is 10.8 Å². The van der Waals surface area contributed by atoms with Crippen LogP contribution in [0.2, 0.25) is 0 Å². The maximum Gasteiger partial charge on any atom is 0.339 e. The van der Waals surface area contributed by atoms with E-state index in [0.29, 0.717) is 17.3 Å².